The fraction of sp³-hybridized carbons (Fsp3) is 0.677. The number of rotatable bonds is 9. The third-order valence-corrected chi connectivity index (χ3v) is 8.74. The summed E-state index contributed by atoms with van der Waals surface area (Å²) >= 11 is 5.58. The number of alkyl halides is 3. The van der Waals surface area contributed by atoms with Gasteiger partial charge in [-0.1, -0.05) is 40.0 Å². The molecule has 7 nitrogen and oxygen atoms in total. The van der Waals surface area contributed by atoms with E-state index in [0.717, 1.165) is 68.8 Å². The van der Waals surface area contributed by atoms with E-state index in [0.29, 0.717) is 18.6 Å². The minimum absolute atomic E-state index is 0.0129. The van der Waals surface area contributed by atoms with Gasteiger partial charge >= 0.3 is 6.18 Å². The Kier molecular flexibility index (Phi) is 10.4. The summed E-state index contributed by atoms with van der Waals surface area (Å²) in [7, 11) is 0. The Morgan fingerprint density at radius 1 is 1.02 bits per heavy atom. The molecule has 0 N–H and O–H groups in total. The van der Waals surface area contributed by atoms with Gasteiger partial charge < -0.3 is 9.80 Å². The molecule has 11 heteroatoms. The van der Waals surface area contributed by atoms with Crippen molar-refractivity contribution in [3.8, 4) is 6.07 Å². The quantitative estimate of drug-likeness (QED) is 0.246. The molecule has 0 radical (unpaired) electrons. The number of carbonyl (C=O) groups excluding carboxylic acids is 2. The van der Waals surface area contributed by atoms with Crippen LogP contribution in [0.5, 0.6) is 0 Å². The molecule has 0 saturated carbocycles. The SMILES string of the molecule is CC1CN(C(=O)C(C)(C)C)CC(C)N1CCCCCCCN1C(=S)N(c2ccc(C#N)c(C(F)(F)F)c2)C(=O)C1(C)C. The molecule has 2 heterocycles. The number of anilines is 1. The first-order valence-electron chi connectivity index (χ1n) is 14.7. The normalized spacial score (nSPS) is 21.7. The number of nitriles is 1. The Balaban J connectivity index is 1.49. The van der Waals surface area contributed by atoms with Gasteiger partial charge in [-0.2, -0.15) is 18.4 Å². The third kappa shape index (κ3) is 7.25. The predicted octanol–water partition coefficient (Wildman–Crippen LogP) is 6.21. The fourth-order valence-corrected chi connectivity index (χ4v) is 6.48. The van der Waals surface area contributed by atoms with Crippen molar-refractivity contribution in [2.75, 3.05) is 31.1 Å². The highest BCUT2D eigenvalue weighted by molar-refractivity contribution is 7.80. The number of hydrogen-bond donors (Lipinski definition) is 0. The van der Waals surface area contributed by atoms with Gasteiger partial charge in [-0.15, -0.1) is 0 Å². The summed E-state index contributed by atoms with van der Waals surface area (Å²) in [6.07, 6.45) is 0.154. The van der Waals surface area contributed by atoms with Crippen LogP contribution in [-0.2, 0) is 15.8 Å². The molecule has 3 rings (SSSR count). The van der Waals surface area contributed by atoms with Crippen molar-refractivity contribution < 1.29 is 22.8 Å². The van der Waals surface area contributed by atoms with Gasteiger partial charge in [0.15, 0.2) is 5.11 Å². The molecule has 2 amide bonds. The highest BCUT2D eigenvalue weighted by atomic mass is 32.1. The van der Waals surface area contributed by atoms with Crippen LogP contribution < -0.4 is 4.90 Å². The summed E-state index contributed by atoms with van der Waals surface area (Å²) in [5, 5.41) is 9.28. The van der Waals surface area contributed by atoms with E-state index in [2.05, 4.69) is 18.7 Å². The van der Waals surface area contributed by atoms with E-state index in [9.17, 15) is 22.8 Å². The first-order valence-corrected chi connectivity index (χ1v) is 15.1. The maximum absolute atomic E-state index is 13.5. The van der Waals surface area contributed by atoms with Crippen LogP contribution in [0.15, 0.2) is 18.2 Å². The Morgan fingerprint density at radius 3 is 2.10 bits per heavy atom. The van der Waals surface area contributed by atoms with E-state index < -0.39 is 28.7 Å². The lowest BCUT2D eigenvalue weighted by Gasteiger charge is -2.46. The van der Waals surface area contributed by atoms with Gasteiger partial charge in [-0.05, 0) is 77.5 Å². The first kappa shape index (κ1) is 33.8. The number of benzene rings is 1. The molecule has 0 bridgehead atoms. The van der Waals surface area contributed by atoms with Gasteiger partial charge in [0.05, 0.1) is 22.9 Å². The zero-order valence-electron chi connectivity index (χ0n) is 25.8. The molecule has 2 unspecified atom stereocenters. The second-order valence-corrected chi connectivity index (χ2v) is 13.5. The number of unbranched alkanes of at least 4 members (excludes halogenated alkanes) is 4. The summed E-state index contributed by atoms with van der Waals surface area (Å²) < 4.78 is 40.6. The minimum Gasteiger partial charge on any atom is -0.339 e. The van der Waals surface area contributed by atoms with Gasteiger partial charge in [-0.3, -0.25) is 19.4 Å². The highest BCUT2D eigenvalue weighted by Gasteiger charge is 2.49. The fourth-order valence-electron chi connectivity index (χ4n) is 5.97. The smallest absolute Gasteiger partial charge is 0.339 e. The van der Waals surface area contributed by atoms with Gasteiger partial charge in [-0.25, -0.2) is 0 Å². The van der Waals surface area contributed by atoms with Crippen LogP contribution in [0.2, 0.25) is 0 Å². The lowest BCUT2D eigenvalue weighted by molar-refractivity contribution is -0.144. The minimum atomic E-state index is -4.73. The van der Waals surface area contributed by atoms with Gasteiger partial charge in [0.25, 0.3) is 5.91 Å². The van der Waals surface area contributed by atoms with Crippen molar-refractivity contribution in [2.45, 2.75) is 104 Å². The number of thiocarbonyl (C=S) groups is 1. The van der Waals surface area contributed by atoms with E-state index >= 15 is 0 Å². The molecule has 1 aromatic carbocycles. The second-order valence-electron chi connectivity index (χ2n) is 13.1. The Morgan fingerprint density at radius 2 is 1.57 bits per heavy atom. The Labute approximate surface area is 253 Å². The van der Waals surface area contributed by atoms with Crippen molar-refractivity contribution >= 4 is 34.8 Å². The number of carbonyl (C=O) groups is 2. The van der Waals surface area contributed by atoms with Crippen LogP contribution >= 0.6 is 12.2 Å². The van der Waals surface area contributed by atoms with Crippen LogP contribution in [0.4, 0.5) is 18.9 Å². The molecule has 0 spiro atoms. The molecule has 232 valence electrons. The molecule has 2 aliphatic heterocycles. The summed E-state index contributed by atoms with van der Waals surface area (Å²) in [5.74, 6) is -0.188. The van der Waals surface area contributed by atoms with Crippen LogP contribution in [0.25, 0.3) is 0 Å². The summed E-state index contributed by atoms with van der Waals surface area (Å²) in [6, 6.07) is 5.42. The standard InChI is InChI=1S/C31H44F3N5O2S/c1-21-19-36(26(40)29(3,4)5)20-22(2)37(21)15-11-9-8-10-12-16-38-28(42)39(27(41)30(38,6)7)24-14-13-23(18-35)25(17-24)31(32,33)34/h13-14,17,21-22H,8-12,15-16,19-20H2,1-7H3. The van der Waals surface area contributed by atoms with E-state index in [1.54, 1.807) is 24.8 Å². The number of amides is 2. The van der Waals surface area contributed by atoms with Gasteiger partial charge in [0.1, 0.15) is 5.54 Å². The Hall–Kier alpha value is -2.71. The zero-order valence-corrected chi connectivity index (χ0v) is 26.7. The molecule has 42 heavy (non-hydrogen) atoms. The van der Waals surface area contributed by atoms with Crippen LogP contribution in [0, 0.1) is 16.7 Å². The second kappa shape index (κ2) is 12.9. The van der Waals surface area contributed by atoms with Crippen LogP contribution in [-0.4, -0.2) is 75.4 Å². The topological polar surface area (TPSA) is 70.9 Å². The van der Waals surface area contributed by atoms with Crippen LogP contribution in [0.1, 0.15) is 91.7 Å². The van der Waals surface area contributed by atoms with Crippen molar-refractivity contribution in [1.82, 2.24) is 14.7 Å². The molecule has 2 saturated heterocycles. The first-order chi connectivity index (χ1) is 19.4. The van der Waals surface area contributed by atoms with Crippen molar-refractivity contribution in [3.63, 3.8) is 0 Å². The van der Waals surface area contributed by atoms with Crippen molar-refractivity contribution in [1.29, 1.82) is 5.26 Å². The monoisotopic (exact) mass is 607 g/mol. The zero-order chi connectivity index (χ0) is 31.6. The average molecular weight is 608 g/mol. The molecule has 0 aliphatic carbocycles. The lowest BCUT2D eigenvalue weighted by atomic mass is 9.93. The molecule has 2 atom stereocenters. The maximum atomic E-state index is 13.5. The molecule has 1 aromatic rings. The predicted molar refractivity (Wildman–Crippen MR) is 162 cm³/mol. The lowest BCUT2D eigenvalue weighted by Crippen LogP contribution is -2.59. The van der Waals surface area contributed by atoms with E-state index in [-0.39, 0.29) is 22.1 Å². The summed E-state index contributed by atoms with van der Waals surface area (Å²) in [6.45, 7) is 16.7. The molecule has 2 fully saturated rings. The van der Waals surface area contributed by atoms with Crippen molar-refractivity contribution in [2.24, 2.45) is 5.41 Å². The number of hydrogen-bond acceptors (Lipinski definition) is 5. The molecule has 0 aromatic heterocycles. The summed E-state index contributed by atoms with van der Waals surface area (Å²) in [5.41, 5.74) is -2.94. The van der Waals surface area contributed by atoms with E-state index in [1.165, 1.54) is 6.07 Å². The molecular formula is C31H44F3N5O2S. The number of halogens is 3. The molecular weight excluding hydrogens is 563 g/mol. The maximum Gasteiger partial charge on any atom is 0.417 e. The van der Waals surface area contributed by atoms with Crippen molar-refractivity contribution in [3.05, 3.63) is 29.3 Å². The van der Waals surface area contributed by atoms with Gasteiger partial charge in [0, 0.05) is 37.1 Å². The van der Waals surface area contributed by atoms with E-state index in [4.69, 9.17) is 17.5 Å². The largest absolute Gasteiger partial charge is 0.417 e. The summed E-state index contributed by atoms with van der Waals surface area (Å²) in [4.78, 5) is 33.4. The average Bonchev–Trinajstić information content (AvgIpc) is 3.05. The highest BCUT2D eigenvalue weighted by Crippen LogP contribution is 2.38. The number of nitrogens with zero attached hydrogens (tertiary/aromatic N) is 5. The van der Waals surface area contributed by atoms with E-state index in [1.807, 2.05) is 25.7 Å². The van der Waals surface area contributed by atoms with Crippen LogP contribution in [0.3, 0.4) is 0 Å². The van der Waals surface area contributed by atoms with Gasteiger partial charge in [0.2, 0.25) is 5.91 Å². The third-order valence-electron chi connectivity index (χ3n) is 8.34. The molecule has 2 aliphatic rings. The number of piperazine rings is 1. The Bertz CT molecular complexity index is 1210.